The van der Waals surface area contributed by atoms with Gasteiger partial charge in [-0.25, -0.2) is 9.37 Å². The fraction of sp³-hybridized carbons (Fsp3) is 0.400. The van der Waals surface area contributed by atoms with E-state index in [0.717, 1.165) is 11.3 Å². The number of rotatable bonds is 4. The van der Waals surface area contributed by atoms with Gasteiger partial charge >= 0.3 is 0 Å². The van der Waals surface area contributed by atoms with Crippen LogP contribution in [0.5, 0.6) is 5.75 Å². The fourth-order valence-electron chi connectivity index (χ4n) is 1.76. The predicted molar refractivity (Wildman–Crippen MR) is 77.1 cm³/mol. The van der Waals surface area contributed by atoms with Crippen LogP contribution in [0.2, 0.25) is 0 Å². The molecule has 4 nitrogen and oxygen atoms in total. The zero-order valence-electron chi connectivity index (χ0n) is 12.2. The van der Waals surface area contributed by atoms with Gasteiger partial charge in [0.25, 0.3) is 0 Å². The largest absolute Gasteiger partial charge is 0.494 e. The summed E-state index contributed by atoms with van der Waals surface area (Å²) in [6, 6.07) is 4.69. The van der Waals surface area contributed by atoms with Gasteiger partial charge in [-0.1, -0.05) is 0 Å². The molecule has 2 rings (SSSR count). The van der Waals surface area contributed by atoms with Crippen LogP contribution in [-0.4, -0.2) is 22.6 Å². The first-order chi connectivity index (χ1) is 9.39. The van der Waals surface area contributed by atoms with Crippen LogP contribution in [0.1, 0.15) is 26.5 Å². The zero-order chi connectivity index (χ0) is 14.8. The molecule has 2 aromatic rings. The number of methoxy groups -OCH3 is 1. The van der Waals surface area contributed by atoms with Gasteiger partial charge in [0.1, 0.15) is 5.82 Å². The van der Waals surface area contributed by atoms with Crippen molar-refractivity contribution in [3.05, 3.63) is 35.9 Å². The molecule has 0 saturated carbocycles. The van der Waals surface area contributed by atoms with Crippen LogP contribution in [0.3, 0.4) is 0 Å². The summed E-state index contributed by atoms with van der Waals surface area (Å²) in [5, 5.41) is 3.38. The normalized spacial score (nSPS) is 11.7. The number of aromatic nitrogens is 2. The summed E-state index contributed by atoms with van der Waals surface area (Å²) in [6.45, 7) is 7.02. The number of benzene rings is 1. The maximum Gasteiger partial charge on any atom is 0.165 e. The van der Waals surface area contributed by atoms with Crippen molar-refractivity contribution in [1.29, 1.82) is 0 Å². The smallest absolute Gasteiger partial charge is 0.165 e. The lowest BCUT2D eigenvalue weighted by Crippen LogP contribution is -2.35. The van der Waals surface area contributed by atoms with E-state index >= 15 is 0 Å². The SMILES string of the molecule is COc1cc(-c2ncc(CNC(C)(C)C)[nH]2)ccc1F. The highest BCUT2D eigenvalue weighted by atomic mass is 19.1. The number of hydrogen-bond acceptors (Lipinski definition) is 3. The summed E-state index contributed by atoms with van der Waals surface area (Å²) in [4.78, 5) is 7.54. The van der Waals surface area contributed by atoms with E-state index in [-0.39, 0.29) is 17.1 Å². The Kier molecular flexibility index (Phi) is 4.09. The number of hydrogen-bond donors (Lipinski definition) is 2. The van der Waals surface area contributed by atoms with Crippen molar-refractivity contribution in [1.82, 2.24) is 15.3 Å². The molecule has 0 saturated heterocycles. The van der Waals surface area contributed by atoms with Crippen LogP contribution in [0.15, 0.2) is 24.4 Å². The van der Waals surface area contributed by atoms with E-state index < -0.39 is 0 Å². The van der Waals surface area contributed by atoms with Crippen LogP contribution in [0, 0.1) is 5.82 Å². The Morgan fingerprint density at radius 3 is 2.75 bits per heavy atom. The summed E-state index contributed by atoms with van der Waals surface area (Å²) < 4.78 is 18.4. The molecule has 1 aromatic carbocycles. The first-order valence-corrected chi connectivity index (χ1v) is 6.52. The van der Waals surface area contributed by atoms with Crippen LogP contribution in [0.25, 0.3) is 11.4 Å². The van der Waals surface area contributed by atoms with Crippen LogP contribution >= 0.6 is 0 Å². The number of nitrogens with zero attached hydrogens (tertiary/aromatic N) is 1. The number of H-pyrrole nitrogens is 1. The third-order valence-corrected chi connectivity index (χ3v) is 2.86. The van der Waals surface area contributed by atoms with Crippen molar-refractivity contribution in [3.63, 3.8) is 0 Å². The van der Waals surface area contributed by atoms with Gasteiger partial charge in [-0.15, -0.1) is 0 Å². The van der Waals surface area contributed by atoms with Crippen molar-refractivity contribution in [3.8, 4) is 17.1 Å². The molecule has 1 aromatic heterocycles. The maximum absolute atomic E-state index is 13.4. The topological polar surface area (TPSA) is 49.9 Å². The second-order valence-corrected chi connectivity index (χ2v) is 5.71. The molecule has 2 N–H and O–H groups in total. The van der Waals surface area contributed by atoms with Gasteiger partial charge < -0.3 is 15.0 Å². The number of halogens is 1. The van der Waals surface area contributed by atoms with Gasteiger partial charge in [-0.2, -0.15) is 0 Å². The van der Waals surface area contributed by atoms with Crippen LogP contribution in [0.4, 0.5) is 4.39 Å². The molecule has 5 heteroatoms. The molecule has 0 spiro atoms. The number of imidazole rings is 1. The molecule has 0 amide bonds. The zero-order valence-corrected chi connectivity index (χ0v) is 12.2. The molecule has 1 heterocycles. The molecule has 20 heavy (non-hydrogen) atoms. The van der Waals surface area contributed by atoms with E-state index in [4.69, 9.17) is 4.74 Å². The molecular weight excluding hydrogens is 257 g/mol. The molecule has 0 bridgehead atoms. The molecular formula is C15H20FN3O. The second kappa shape index (κ2) is 5.63. The van der Waals surface area contributed by atoms with Gasteiger partial charge in [0.2, 0.25) is 0 Å². The van der Waals surface area contributed by atoms with Crippen molar-refractivity contribution in [2.75, 3.05) is 7.11 Å². The average molecular weight is 277 g/mol. The molecule has 108 valence electrons. The third kappa shape index (κ3) is 3.57. The standard InChI is InChI=1S/C15H20FN3O/c1-15(2,3)18-9-11-8-17-14(19-11)10-5-6-12(16)13(7-10)20-4/h5-8,18H,9H2,1-4H3,(H,17,19). The highest BCUT2D eigenvalue weighted by Crippen LogP contribution is 2.24. The highest BCUT2D eigenvalue weighted by molar-refractivity contribution is 5.58. The lowest BCUT2D eigenvalue weighted by atomic mass is 10.1. The maximum atomic E-state index is 13.4. The summed E-state index contributed by atoms with van der Waals surface area (Å²) in [6.07, 6.45) is 1.78. The Morgan fingerprint density at radius 2 is 2.10 bits per heavy atom. The lowest BCUT2D eigenvalue weighted by Gasteiger charge is -2.19. The van der Waals surface area contributed by atoms with Crippen LogP contribution in [-0.2, 0) is 6.54 Å². The van der Waals surface area contributed by atoms with E-state index in [1.165, 1.54) is 13.2 Å². The van der Waals surface area contributed by atoms with Crippen molar-refractivity contribution < 1.29 is 9.13 Å². The first-order valence-electron chi connectivity index (χ1n) is 6.52. The summed E-state index contributed by atoms with van der Waals surface area (Å²) in [5.41, 5.74) is 1.83. The molecule has 0 aliphatic rings. The first kappa shape index (κ1) is 14.5. The number of aromatic amines is 1. The third-order valence-electron chi connectivity index (χ3n) is 2.86. The molecule has 0 unspecified atom stereocenters. The Labute approximate surface area is 118 Å². The van der Waals surface area contributed by atoms with Gasteiger partial charge in [0.15, 0.2) is 11.6 Å². The van der Waals surface area contributed by atoms with E-state index in [9.17, 15) is 4.39 Å². The predicted octanol–water partition coefficient (Wildman–Crippen LogP) is 3.11. The Balaban J connectivity index is 2.16. The summed E-state index contributed by atoms with van der Waals surface area (Å²) in [7, 11) is 1.45. The van der Waals surface area contributed by atoms with E-state index in [0.29, 0.717) is 12.4 Å². The van der Waals surface area contributed by atoms with Crippen molar-refractivity contribution in [2.24, 2.45) is 0 Å². The quantitative estimate of drug-likeness (QED) is 0.902. The van der Waals surface area contributed by atoms with Crippen LogP contribution < -0.4 is 10.1 Å². The molecule has 0 aliphatic carbocycles. The van der Waals surface area contributed by atoms with E-state index in [1.54, 1.807) is 18.3 Å². The van der Waals surface area contributed by atoms with Gasteiger partial charge in [0, 0.05) is 29.5 Å². The van der Waals surface area contributed by atoms with Crippen molar-refractivity contribution >= 4 is 0 Å². The lowest BCUT2D eigenvalue weighted by molar-refractivity contribution is 0.387. The molecule has 0 fully saturated rings. The number of nitrogens with one attached hydrogen (secondary N) is 2. The van der Waals surface area contributed by atoms with Gasteiger partial charge in [-0.05, 0) is 39.0 Å². The minimum atomic E-state index is -0.377. The Hall–Kier alpha value is -1.88. The monoisotopic (exact) mass is 277 g/mol. The fourth-order valence-corrected chi connectivity index (χ4v) is 1.76. The highest BCUT2D eigenvalue weighted by Gasteiger charge is 2.11. The van der Waals surface area contributed by atoms with E-state index in [1.807, 2.05) is 0 Å². The van der Waals surface area contributed by atoms with Crippen molar-refractivity contribution in [2.45, 2.75) is 32.9 Å². The number of ether oxygens (including phenoxy) is 1. The average Bonchev–Trinajstić information content (AvgIpc) is 2.85. The minimum absolute atomic E-state index is 0.0460. The molecule has 0 radical (unpaired) electrons. The van der Waals surface area contributed by atoms with E-state index in [2.05, 4.69) is 36.1 Å². The van der Waals surface area contributed by atoms with Gasteiger partial charge in [0.05, 0.1) is 7.11 Å². The molecule has 0 atom stereocenters. The second-order valence-electron chi connectivity index (χ2n) is 5.71. The summed E-state index contributed by atoms with van der Waals surface area (Å²) >= 11 is 0. The van der Waals surface area contributed by atoms with Gasteiger partial charge in [-0.3, -0.25) is 0 Å². The Morgan fingerprint density at radius 1 is 1.35 bits per heavy atom. The summed E-state index contributed by atoms with van der Waals surface area (Å²) in [5.74, 6) is 0.541. The molecule has 0 aliphatic heterocycles. The minimum Gasteiger partial charge on any atom is -0.494 e. The Bertz CT molecular complexity index is 587.